The molecule has 1 nitrogen and oxygen atoms in total. The Labute approximate surface area is 187 Å². The Morgan fingerprint density at radius 3 is 2.10 bits per heavy atom. The summed E-state index contributed by atoms with van der Waals surface area (Å²) in [5.41, 5.74) is 3.20. The Hall–Kier alpha value is -3.49. The summed E-state index contributed by atoms with van der Waals surface area (Å²) < 4.78 is 1.07. The van der Waals surface area contributed by atoms with Crippen molar-refractivity contribution in [3.8, 4) is 11.3 Å². The van der Waals surface area contributed by atoms with Gasteiger partial charge in [-0.25, -0.2) is 4.98 Å². The van der Waals surface area contributed by atoms with Crippen molar-refractivity contribution in [2.24, 2.45) is 0 Å². The molecule has 7 aromatic rings. The highest BCUT2D eigenvalue weighted by molar-refractivity contribution is 9.10. The Bertz CT molecular complexity index is 1770. The van der Waals surface area contributed by atoms with E-state index in [0.717, 1.165) is 21.2 Å². The standard InChI is InChI=1S/C29H16BrN/c30-21-13-10-19(11-14-21)29-24-16-20-9-8-17-4-3-5-18-12-15-23(27(20)26(17)18)28(24)22-6-1-2-7-25(22)31-29/h1-16H. The quantitative estimate of drug-likeness (QED) is 0.177. The topological polar surface area (TPSA) is 12.9 Å². The van der Waals surface area contributed by atoms with E-state index in [1.807, 2.05) is 0 Å². The Morgan fingerprint density at radius 1 is 0.516 bits per heavy atom. The first-order valence-electron chi connectivity index (χ1n) is 10.4. The smallest absolute Gasteiger partial charge is 0.0788 e. The van der Waals surface area contributed by atoms with Crippen LogP contribution in [0.25, 0.3) is 65.3 Å². The molecule has 0 aliphatic carbocycles. The van der Waals surface area contributed by atoms with Gasteiger partial charge >= 0.3 is 0 Å². The minimum Gasteiger partial charge on any atom is -0.247 e. The number of rotatable bonds is 1. The van der Waals surface area contributed by atoms with Gasteiger partial charge in [0.2, 0.25) is 0 Å². The number of halogens is 1. The molecule has 31 heavy (non-hydrogen) atoms. The van der Waals surface area contributed by atoms with Crippen LogP contribution >= 0.6 is 15.9 Å². The van der Waals surface area contributed by atoms with Crippen molar-refractivity contribution >= 4 is 69.9 Å². The summed E-state index contributed by atoms with van der Waals surface area (Å²) in [6, 6.07) is 34.9. The average molecular weight is 458 g/mol. The molecule has 0 atom stereocenters. The SMILES string of the molecule is Brc1ccc(-c2nc3ccccc3c3c2cc2ccc4cccc5ccc3c2c45)cc1. The van der Waals surface area contributed by atoms with Crippen molar-refractivity contribution in [3.05, 3.63) is 102 Å². The highest BCUT2D eigenvalue weighted by atomic mass is 79.9. The van der Waals surface area contributed by atoms with Crippen molar-refractivity contribution < 1.29 is 0 Å². The second-order valence-corrected chi connectivity index (χ2v) is 9.06. The van der Waals surface area contributed by atoms with E-state index in [1.54, 1.807) is 0 Å². The van der Waals surface area contributed by atoms with Crippen LogP contribution in [0.2, 0.25) is 0 Å². The summed E-state index contributed by atoms with van der Waals surface area (Å²) in [4.78, 5) is 5.12. The van der Waals surface area contributed by atoms with Crippen LogP contribution in [0, 0.1) is 0 Å². The van der Waals surface area contributed by atoms with Crippen LogP contribution in [0.5, 0.6) is 0 Å². The summed E-state index contributed by atoms with van der Waals surface area (Å²) in [7, 11) is 0. The van der Waals surface area contributed by atoms with E-state index in [9.17, 15) is 0 Å². The van der Waals surface area contributed by atoms with Crippen LogP contribution in [0.15, 0.2) is 102 Å². The normalized spacial score (nSPS) is 12.0. The Morgan fingerprint density at radius 2 is 1.26 bits per heavy atom. The highest BCUT2D eigenvalue weighted by Gasteiger charge is 2.16. The van der Waals surface area contributed by atoms with Crippen LogP contribution in [0.4, 0.5) is 0 Å². The second-order valence-electron chi connectivity index (χ2n) is 8.14. The van der Waals surface area contributed by atoms with Gasteiger partial charge in [-0.15, -0.1) is 0 Å². The van der Waals surface area contributed by atoms with E-state index in [1.165, 1.54) is 48.5 Å². The molecule has 6 aromatic carbocycles. The zero-order chi connectivity index (χ0) is 20.5. The zero-order valence-electron chi connectivity index (χ0n) is 16.6. The van der Waals surface area contributed by atoms with Gasteiger partial charge < -0.3 is 0 Å². The van der Waals surface area contributed by atoms with Gasteiger partial charge in [0.25, 0.3) is 0 Å². The fourth-order valence-corrected chi connectivity index (χ4v) is 5.34. The predicted octanol–water partition coefficient (Wildman–Crippen LogP) is 8.71. The Kier molecular flexibility index (Phi) is 3.47. The van der Waals surface area contributed by atoms with Gasteiger partial charge in [-0.1, -0.05) is 88.7 Å². The zero-order valence-corrected chi connectivity index (χ0v) is 18.1. The summed E-state index contributed by atoms with van der Waals surface area (Å²) >= 11 is 3.56. The Balaban J connectivity index is 1.77. The molecule has 0 fully saturated rings. The molecule has 0 spiro atoms. The number of nitrogens with zero attached hydrogens (tertiary/aromatic N) is 1. The molecule has 0 bridgehead atoms. The van der Waals surface area contributed by atoms with Crippen LogP contribution in [0.1, 0.15) is 0 Å². The minimum absolute atomic E-state index is 1.03. The molecule has 0 unspecified atom stereocenters. The lowest BCUT2D eigenvalue weighted by Crippen LogP contribution is -1.92. The van der Waals surface area contributed by atoms with Crippen LogP contribution in [-0.2, 0) is 0 Å². The van der Waals surface area contributed by atoms with Crippen molar-refractivity contribution in [2.45, 2.75) is 0 Å². The molecular weight excluding hydrogens is 442 g/mol. The maximum absolute atomic E-state index is 5.12. The van der Waals surface area contributed by atoms with Crippen molar-refractivity contribution in [3.63, 3.8) is 0 Å². The number of fused-ring (bicyclic) bond motifs is 4. The first-order valence-corrected chi connectivity index (χ1v) is 11.2. The summed E-state index contributed by atoms with van der Waals surface area (Å²) in [5, 5.41) is 11.5. The second kappa shape index (κ2) is 6.26. The molecule has 1 heterocycles. The third kappa shape index (κ3) is 2.40. The molecule has 0 aliphatic rings. The average Bonchev–Trinajstić information content (AvgIpc) is 2.82. The number of para-hydroxylation sites is 1. The molecular formula is C29H16BrN. The molecule has 7 rings (SSSR count). The molecule has 0 saturated heterocycles. The van der Waals surface area contributed by atoms with E-state index in [2.05, 4.69) is 113 Å². The van der Waals surface area contributed by atoms with Crippen molar-refractivity contribution in [1.82, 2.24) is 4.98 Å². The molecule has 2 heteroatoms. The van der Waals surface area contributed by atoms with E-state index in [4.69, 9.17) is 4.98 Å². The largest absolute Gasteiger partial charge is 0.247 e. The van der Waals surface area contributed by atoms with E-state index in [0.29, 0.717) is 0 Å². The maximum atomic E-state index is 5.12. The molecule has 0 aliphatic heterocycles. The molecule has 144 valence electrons. The predicted molar refractivity (Wildman–Crippen MR) is 136 cm³/mol. The highest BCUT2D eigenvalue weighted by Crippen LogP contribution is 2.43. The number of benzene rings is 6. The van der Waals surface area contributed by atoms with Gasteiger partial charge in [0.05, 0.1) is 11.2 Å². The van der Waals surface area contributed by atoms with Crippen molar-refractivity contribution in [1.29, 1.82) is 0 Å². The summed E-state index contributed by atoms with van der Waals surface area (Å²) in [6.45, 7) is 0. The van der Waals surface area contributed by atoms with E-state index < -0.39 is 0 Å². The maximum Gasteiger partial charge on any atom is 0.0788 e. The monoisotopic (exact) mass is 457 g/mol. The van der Waals surface area contributed by atoms with Gasteiger partial charge in [0.1, 0.15) is 0 Å². The van der Waals surface area contributed by atoms with Crippen molar-refractivity contribution in [2.75, 3.05) is 0 Å². The first-order chi connectivity index (χ1) is 15.3. The van der Waals surface area contributed by atoms with Gasteiger partial charge in [0, 0.05) is 26.2 Å². The van der Waals surface area contributed by atoms with Gasteiger partial charge in [-0.2, -0.15) is 0 Å². The van der Waals surface area contributed by atoms with Crippen LogP contribution in [0.3, 0.4) is 0 Å². The van der Waals surface area contributed by atoms with Gasteiger partial charge in [0.15, 0.2) is 0 Å². The first kappa shape index (κ1) is 17.2. The number of aromatic nitrogens is 1. The lowest BCUT2D eigenvalue weighted by atomic mass is 9.88. The third-order valence-corrected chi connectivity index (χ3v) is 6.95. The van der Waals surface area contributed by atoms with E-state index in [-0.39, 0.29) is 0 Å². The van der Waals surface area contributed by atoms with Gasteiger partial charge in [-0.3, -0.25) is 0 Å². The summed E-state index contributed by atoms with van der Waals surface area (Å²) in [5.74, 6) is 0. The van der Waals surface area contributed by atoms with Crippen LogP contribution < -0.4 is 0 Å². The summed E-state index contributed by atoms with van der Waals surface area (Å²) in [6.07, 6.45) is 0. The molecule has 0 radical (unpaired) electrons. The molecule has 0 N–H and O–H groups in total. The third-order valence-electron chi connectivity index (χ3n) is 6.43. The molecule has 1 aromatic heterocycles. The number of hydrogen-bond acceptors (Lipinski definition) is 1. The minimum atomic E-state index is 1.03. The number of pyridine rings is 1. The lowest BCUT2D eigenvalue weighted by molar-refractivity contribution is 1.43. The van der Waals surface area contributed by atoms with Crippen LogP contribution in [-0.4, -0.2) is 4.98 Å². The fourth-order valence-electron chi connectivity index (χ4n) is 5.08. The van der Waals surface area contributed by atoms with E-state index >= 15 is 0 Å². The number of hydrogen-bond donors (Lipinski definition) is 0. The molecule has 0 amide bonds. The molecule has 0 saturated carbocycles. The van der Waals surface area contributed by atoms with Gasteiger partial charge in [-0.05, 0) is 56.6 Å². The fraction of sp³-hybridized carbons (Fsp3) is 0. The lowest BCUT2D eigenvalue weighted by Gasteiger charge is -2.16.